The SMILES string of the molecule is CCCCCCCCC(/C=C/C=C/[C@@H]1CC=CC[C@@H]1C=O)OC(C)=O. The van der Waals surface area contributed by atoms with Crippen molar-refractivity contribution in [3.63, 3.8) is 0 Å². The summed E-state index contributed by atoms with van der Waals surface area (Å²) in [5.41, 5.74) is 0. The summed E-state index contributed by atoms with van der Waals surface area (Å²) in [4.78, 5) is 22.4. The Kier molecular flexibility index (Phi) is 11.7. The van der Waals surface area contributed by atoms with E-state index in [1.54, 1.807) is 0 Å². The molecule has 1 aliphatic rings. The summed E-state index contributed by atoms with van der Waals surface area (Å²) < 4.78 is 5.39. The van der Waals surface area contributed by atoms with E-state index in [9.17, 15) is 9.59 Å². The van der Waals surface area contributed by atoms with Gasteiger partial charge >= 0.3 is 5.97 Å². The highest BCUT2D eigenvalue weighted by molar-refractivity contribution is 5.66. The van der Waals surface area contributed by atoms with Crippen LogP contribution in [0.2, 0.25) is 0 Å². The van der Waals surface area contributed by atoms with Gasteiger partial charge in [-0.3, -0.25) is 4.79 Å². The molecule has 0 radical (unpaired) electrons. The fourth-order valence-electron chi connectivity index (χ4n) is 3.16. The highest BCUT2D eigenvalue weighted by Gasteiger charge is 2.18. The van der Waals surface area contributed by atoms with Gasteiger partial charge in [0, 0.05) is 12.8 Å². The molecule has 25 heavy (non-hydrogen) atoms. The quantitative estimate of drug-likeness (QED) is 0.153. The van der Waals surface area contributed by atoms with Crippen LogP contribution in [0.1, 0.15) is 71.6 Å². The van der Waals surface area contributed by atoms with Crippen molar-refractivity contribution in [2.75, 3.05) is 0 Å². The predicted molar refractivity (Wildman–Crippen MR) is 103 cm³/mol. The standard InChI is InChI=1S/C22H34O3/c1-3-4-5-6-7-8-16-22(25-19(2)24)17-12-11-14-20-13-9-10-15-21(20)18-23/h9-12,14,17-18,20-22H,3-8,13,15-16H2,1-2H3/b14-11+,17-12+/t20-,21+,22?/m0/s1. The Balaban J connectivity index is 2.40. The van der Waals surface area contributed by atoms with Crippen molar-refractivity contribution in [1.82, 2.24) is 0 Å². The summed E-state index contributed by atoms with van der Waals surface area (Å²) in [5.74, 6) is 0.128. The van der Waals surface area contributed by atoms with E-state index in [-0.39, 0.29) is 23.9 Å². The molecule has 1 unspecified atom stereocenters. The maximum Gasteiger partial charge on any atom is 0.303 e. The molecule has 0 heterocycles. The van der Waals surface area contributed by atoms with Gasteiger partial charge in [-0.05, 0) is 37.7 Å². The van der Waals surface area contributed by atoms with Crippen LogP contribution >= 0.6 is 0 Å². The van der Waals surface area contributed by atoms with Crippen LogP contribution in [0.3, 0.4) is 0 Å². The Bertz CT molecular complexity index is 462. The second-order valence-corrected chi connectivity index (χ2v) is 6.88. The molecule has 0 aliphatic heterocycles. The summed E-state index contributed by atoms with van der Waals surface area (Å²) in [6, 6.07) is 0. The summed E-state index contributed by atoms with van der Waals surface area (Å²) in [5, 5.41) is 0. The van der Waals surface area contributed by atoms with Crippen LogP contribution in [0, 0.1) is 11.8 Å². The molecule has 0 bridgehead atoms. The molecule has 140 valence electrons. The third-order valence-electron chi connectivity index (χ3n) is 4.66. The van der Waals surface area contributed by atoms with Gasteiger partial charge < -0.3 is 9.53 Å². The van der Waals surface area contributed by atoms with Crippen molar-refractivity contribution in [3.8, 4) is 0 Å². The van der Waals surface area contributed by atoms with Crippen LogP contribution in [-0.4, -0.2) is 18.4 Å². The number of hydrogen-bond donors (Lipinski definition) is 0. The lowest BCUT2D eigenvalue weighted by Gasteiger charge is -2.20. The van der Waals surface area contributed by atoms with Gasteiger partial charge in [0.15, 0.2) is 0 Å². The van der Waals surface area contributed by atoms with Gasteiger partial charge in [0.25, 0.3) is 0 Å². The number of carbonyl (C=O) groups is 2. The average Bonchev–Trinajstić information content (AvgIpc) is 2.61. The molecule has 0 aromatic heterocycles. The molecule has 0 spiro atoms. The van der Waals surface area contributed by atoms with E-state index < -0.39 is 0 Å². The van der Waals surface area contributed by atoms with E-state index >= 15 is 0 Å². The minimum Gasteiger partial charge on any atom is -0.458 e. The first-order valence-corrected chi connectivity index (χ1v) is 9.79. The van der Waals surface area contributed by atoms with Gasteiger partial charge in [0.2, 0.25) is 0 Å². The van der Waals surface area contributed by atoms with Crippen LogP contribution in [0.4, 0.5) is 0 Å². The normalized spacial score (nSPS) is 21.7. The minimum atomic E-state index is -0.233. The monoisotopic (exact) mass is 346 g/mol. The molecule has 0 saturated heterocycles. The van der Waals surface area contributed by atoms with Crippen molar-refractivity contribution >= 4 is 12.3 Å². The average molecular weight is 347 g/mol. The second-order valence-electron chi connectivity index (χ2n) is 6.88. The van der Waals surface area contributed by atoms with Gasteiger partial charge in [-0.1, -0.05) is 69.4 Å². The van der Waals surface area contributed by atoms with Crippen molar-refractivity contribution < 1.29 is 14.3 Å². The predicted octanol–water partition coefficient (Wildman–Crippen LogP) is 5.56. The molecule has 0 N–H and O–H groups in total. The highest BCUT2D eigenvalue weighted by Crippen LogP contribution is 2.25. The zero-order chi connectivity index (χ0) is 18.3. The van der Waals surface area contributed by atoms with Crippen LogP contribution in [0.15, 0.2) is 36.5 Å². The first kappa shape index (κ1) is 21.4. The molecule has 0 amide bonds. The highest BCUT2D eigenvalue weighted by atomic mass is 16.5. The molecular formula is C22H34O3. The number of hydrogen-bond acceptors (Lipinski definition) is 3. The minimum absolute atomic E-state index is 0.0852. The second kappa shape index (κ2) is 13.6. The lowest BCUT2D eigenvalue weighted by molar-refractivity contribution is -0.144. The Morgan fingerprint density at radius 1 is 1.08 bits per heavy atom. The Hall–Kier alpha value is -1.64. The van der Waals surface area contributed by atoms with E-state index in [0.717, 1.165) is 32.0 Å². The fraction of sp³-hybridized carbons (Fsp3) is 0.636. The molecule has 0 aromatic carbocycles. The molecule has 1 rings (SSSR count). The molecule has 3 nitrogen and oxygen atoms in total. The summed E-state index contributed by atoms with van der Waals surface area (Å²) in [7, 11) is 0. The third-order valence-corrected chi connectivity index (χ3v) is 4.66. The first-order chi connectivity index (χ1) is 12.2. The number of esters is 1. The van der Waals surface area contributed by atoms with Crippen LogP contribution in [0.5, 0.6) is 0 Å². The van der Waals surface area contributed by atoms with Gasteiger partial charge in [-0.15, -0.1) is 0 Å². The molecule has 0 aromatic rings. The Morgan fingerprint density at radius 2 is 1.76 bits per heavy atom. The molecule has 0 saturated carbocycles. The van der Waals surface area contributed by atoms with E-state index in [0.29, 0.717) is 0 Å². The topological polar surface area (TPSA) is 43.4 Å². The van der Waals surface area contributed by atoms with Gasteiger partial charge in [0.1, 0.15) is 12.4 Å². The van der Waals surface area contributed by atoms with Gasteiger partial charge in [-0.2, -0.15) is 0 Å². The lowest BCUT2D eigenvalue weighted by Crippen LogP contribution is -2.15. The Labute approximate surface area is 153 Å². The molecule has 1 aliphatic carbocycles. The van der Waals surface area contributed by atoms with Gasteiger partial charge in [0.05, 0.1) is 0 Å². The van der Waals surface area contributed by atoms with E-state index in [2.05, 4.69) is 25.2 Å². The number of rotatable bonds is 12. The first-order valence-electron chi connectivity index (χ1n) is 9.79. The maximum atomic E-state index is 11.3. The number of allylic oxidation sites excluding steroid dienone is 5. The molecule has 3 atom stereocenters. The van der Waals surface area contributed by atoms with Crippen LogP contribution in [0.25, 0.3) is 0 Å². The maximum absolute atomic E-state index is 11.3. The summed E-state index contributed by atoms with van der Waals surface area (Å²) in [6.45, 7) is 3.68. The van der Waals surface area contributed by atoms with Crippen LogP contribution < -0.4 is 0 Å². The molecule has 3 heteroatoms. The largest absolute Gasteiger partial charge is 0.458 e. The van der Waals surface area contributed by atoms with Gasteiger partial charge in [-0.25, -0.2) is 0 Å². The van der Waals surface area contributed by atoms with Crippen molar-refractivity contribution in [2.45, 2.75) is 77.7 Å². The van der Waals surface area contributed by atoms with Crippen molar-refractivity contribution in [3.05, 3.63) is 36.5 Å². The number of carbonyl (C=O) groups excluding carboxylic acids is 2. The van der Waals surface area contributed by atoms with Crippen molar-refractivity contribution in [2.24, 2.45) is 11.8 Å². The molecular weight excluding hydrogens is 312 g/mol. The number of ether oxygens (including phenoxy) is 1. The van der Waals surface area contributed by atoms with E-state index in [1.807, 2.05) is 18.2 Å². The third kappa shape index (κ3) is 10.1. The lowest BCUT2D eigenvalue weighted by atomic mass is 9.84. The number of unbranched alkanes of at least 4 members (excludes halogenated alkanes) is 5. The zero-order valence-corrected chi connectivity index (χ0v) is 15.9. The molecule has 0 fully saturated rings. The van der Waals surface area contributed by atoms with E-state index in [4.69, 9.17) is 4.74 Å². The summed E-state index contributed by atoms with van der Waals surface area (Å²) in [6.07, 6.45) is 23.1. The zero-order valence-electron chi connectivity index (χ0n) is 15.9. The van der Waals surface area contributed by atoms with Crippen LogP contribution in [-0.2, 0) is 14.3 Å². The fourth-order valence-corrected chi connectivity index (χ4v) is 3.16. The van der Waals surface area contributed by atoms with Crippen molar-refractivity contribution in [1.29, 1.82) is 0 Å². The Morgan fingerprint density at radius 3 is 2.44 bits per heavy atom. The van der Waals surface area contributed by atoms with E-state index in [1.165, 1.54) is 39.0 Å². The smallest absolute Gasteiger partial charge is 0.303 e. The number of aldehydes is 1. The summed E-state index contributed by atoms with van der Waals surface area (Å²) >= 11 is 0.